The molecule has 0 aliphatic rings. The first-order chi connectivity index (χ1) is 11.2. The molecule has 1 aromatic carbocycles. The zero-order valence-electron chi connectivity index (χ0n) is 12.4. The molecule has 0 bridgehead atoms. The summed E-state index contributed by atoms with van der Waals surface area (Å²) in [4.78, 5) is 12.0. The SMILES string of the molecule is O=C(NC[C@@H](Cc1cccc(F)c1)n1cccc1)c1ccno1. The highest BCUT2D eigenvalue weighted by Gasteiger charge is 2.15. The van der Waals surface area contributed by atoms with Gasteiger partial charge in [-0.1, -0.05) is 17.3 Å². The normalized spacial score (nSPS) is 12.0. The minimum Gasteiger partial charge on any atom is -0.351 e. The zero-order chi connectivity index (χ0) is 16.1. The summed E-state index contributed by atoms with van der Waals surface area (Å²) in [7, 11) is 0. The summed E-state index contributed by atoms with van der Waals surface area (Å²) in [6, 6.07) is 11.8. The highest BCUT2D eigenvalue weighted by atomic mass is 19.1. The second-order valence-electron chi connectivity index (χ2n) is 5.20. The van der Waals surface area contributed by atoms with Gasteiger partial charge in [0, 0.05) is 25.0 Å². The van der Waals surface area contributed by atoms with Crippen LogP contribution < -0.4 is 5.32 Å². The predicted molar refractivity (Wildman–Crippen MR) is 82.4 cm³/mol. The van der Waals surface area contributed by atoms with Gasteiger partial charge in [0.25, 0.3) is 5.91 Å². The van der Waals surface area contributed by atoms with Crippen molar-refractivity contribution in [3.05, 3.63) is 78.2 Å². The van der Waals surface area contributed by atoms with Crippen LogP contribution in [0.2, 0.25) is 0 Å². The Labute approximate surface area is 132 Å². The second-order valence-corrected chi connectivity index (χ2v) is 5.20. The van der Waals surface area contributed by atoms with E-state index in [4.69, 9.17) is 4.52 Å². The molecule has 1 amide bonds. The third kappa shape index (κ3) is 3.85. The highest BCUT2D eigenvalue weighted by Crippen LogP contribution is 2.15. The molecule has 3 rings (SSSR count). The molecule has 0 saturated heterocycles. The van der Waals surface area contributed by atoms with Crippen molar-refractivity contribution in [1.82, 2.24) is 15.0 Å². The van der Waals surface area contributed by atoms with E-state index in [2.05, 4.69) is 10.5 Å². The van der Waals surface area contributed by atoms with E-state index in [-0.39, 0.29) is 23.5 Å². The van der Waals surface area contributed by atoms with Gasteiger partial charge in [0.2, 0.25) is 5.76 Å². The number of carbonyl (C=O) groups is 1. The molecule has 23 heavy (non-hydrogen) atoms. The van der Waals surface area contributed by atoms with Crippen molar-refractivity contribution in [3.63, 3.8) is 0 Å². The number of hydrogen-bond donors (Lipinski definition) is 1. The van der Waals surface area contributed by atoms with E-state index in [1.165, 1.54) is 24.4 Å². The van der Waals surface area contributed by atoms with Crippen molar-refractivity contribution in [2.45, 2.75) is 12.5 Å². The van der Waals surface area contributed by atoms with Crippen LogP contribution in [0.4, 0.5) is 4.39 Å². The van der Waals surface area contributed by atoms with Crippen LogP contribution in [-0.2, 0) is 6.42 Å². The number of halogens is 1. The molecule has 118 valence electrons. The van der Waals surface area contributed by atoms with Crippen molar-refractivity contribution in [3.8, 4) is 0 Å². The maximum Gasteiger partial charge on any atom is 0.289 e. The van der Waals surface area contributed by atoms with Crippen LogP contribution in [0.1, 0.15) is 22.2 Å². The summed E-state index contributed by atoms with van der Waals surface area (Å²) < 4.78 is 20.2. The summed E-state index contributed by atoms with van der Waals surface area (Å²) in [6.45, 7) is 0.394. The van der Waals surface area contributed by atoms with Gasteiger partial charge in [-0.2, -0.15) is 0 Å². The van der Waals surface area contributed by atoms with E-state index < -0.39 is 0 Å². The van der Waals surface area contributed by atoms with E-state index in [0.717, 1.165) is 5.56 Å². The molecule has 5 nitrogen and oxygen atoms in total. The Bertz CT molecular complexity index is 754. The number of nitrogens with one attached hydrogen (secondary N) is 1. The lowest BCUT2D eigenvalue weighted by molar-refractivity contribution is 0.0910. The summed E-state index contributed by atoms with van der Waals surface area (Å²) in [5.41, 5.74) is 0.873. The van der Waals surface area contributed by atoms with Crippen LogP contribution in [0, 0.1) is 5.82 Å². The molecule has 3 aromatic rings. The third-order valence-corrected chi connectivity index (χ3v) is 3.57. The lowest BCUT2D eigenvalue weighted by Crippen LogP contribution is -2.31. The Kier molecular flexibility index (Phi) is 4.52. The molecule has 1 atom stereocenters. The Morgan fingerprint density at radius 3 is 2.78 bits per heavy atom. The quantitative estimate of drug-likeness (QED) is 0.761. The zero-order valence-corrected chi connectivity index (χ0v) is 12.4. The van der Waals surface area contributed by atoms with Gasteiger partial charge in [0.1, 0.15) is 5.82 Å². The standard InChI is InChI=1S/C17H16FN3O2/c18-14-5-3-4-13(10-14)11-15(21-8-1-2-9-21)12-19-17(22)16-6-7-20-23-16/h1-10,15H,11-12H2,(H,19,22)/t15-/m1/s1. The van der Waals surface area contributed by atoms with Crippen molar-refractivity contribution < 1.29 is 13.7 Å². The molecule has 6 heteroatoms. The number of nitrogens with zero attached hydrogens (tertiary/aromatic N) is 2. The van der Waals surface area contributed by atoms with Crippen LogP contribution in [-0.4, -0.2) is 22.2 Å². The van der Waals surface area contributed by atoms with Crippen LogP contribution >= 0.6 is 0 Å². The van der Waals surface area contributed by atoms with Crippen LogP contribution in [0.25, 0.3) is 0 Å². The van der Waals surface area contributed by atoms with Gasteiger partial charge < -0.3 is 14.4 Å². The van der Waals surface area contributed by atoms with Crippen molar-refractivity contribution >= 4 is 5.91 Å². The lowest BCUT2D eigenvalue weighted by Gasteiger charge is -2.19. The number of aromatic nitrogens is 2. The summed E-state index contributed by atoms with van der Waals surface area (Å²) in [5, 5.41) is 6.34. The molecule has 2 heterocycles. The molecule has 0 saturated carbocycles. The fraction of sp³-hybridized carbons (Fsp3) is 0.176. The number of benzene rings is 1. The molecular weight excluding hydrogens is 297 g/mol. The van der Waals surface area contributed by atoms with E-state index in [0.29, 0.717) is 13.0 Å². The van der Waals surface area contributed by atoms with E-state index in [1.54, 1.807) is 6.07 Å². The average Bonchev–Trinajstić information content (AvgIpc) is 3.23. The second kappa shape index (κ2) is 6.91. The largest absolute Gasteiger partial charge is 0.351 e. The Balaban J connectivity index is 1.70. The van der Waals surface area contributed by atoms with E-state index in [9.17, 15) is 9.18 Å². The number of amides is 1. The minimum absolute atomic E-state index is 0.0290. The number of rotatable bonds is 6. The van der Waals surface area contributed by atoms with Crippen LogP contribution in [0.15, 0.2) is 65.6 Å². The minimum atomic E-state index is -0.320. The van der Waals surface area contributed by atoms with Gasteiger partial charge in [-0.15, -0.1) is 0 Å². The summed E-state index contributed by atoms with van der Waals surface area (Å²) >= 11 is 0. The highest BCUT2D eigenvalue weighted by molar-refractivity contribution is 5.91. The molecule has 2 aromatic heterocycles. The van der Waals surface area contributed by atoms with E-state index >= 15 is 0 Å². The Hall–Kier alpha value is -2.89. The first kappa shape index (κ1) is 15.0. The monoisotopic (exact) mass is 313 g/mol. The molecular formula is C17H16FN3O2. The van der Waals surface area contributed by atoms with Crippen molar-refractivity contribution in [2.75, 3.05) is 6.54 Å². The van der Waals surface area contributed by atoms with Gasteiger partial charge in [-0.25, -0.2) is 4.39 Å². The van der Waals surface area contributed by atoms with E-state index in [1.807, 2.05) is 35.2 Å². The predicted octanol–water partition coefficient (Wildman–Crippen LogP) is 2.83. The molecule has 0 radical (unpaired) electrons. The fourth-order valence-electron chi connectivity index (χ4n) is 2.44. The first-order valence-corrected chi connectivity index (χ1v) is 7.28. The number of hydrogen-bond acceptors (Lipinski definition) is 3. The first-order valence-electron chi connectivity index (χ1n) is 7.28. The molecule has 0 aliphatic heterocycles. The molecule has 0 fully saturated rings. The fourth-order valence-corrected chi connectivity index (χ4v) is 2.44. The van der Waals surface area contributed by atoms with Crippen LogP contribution in [0.5, 0.6) is 0 Å². The van der Waals surface area contributed by atoms with Crippen LogP contribution in [0.3, 0.4) is 0 Å². The smallest absolute Gasteiger partial charge is 0.289 e. The Morgan fingerprint density at radius 2 is 2.09 bits per heavy atom. The Morgan fingerprint density at radius 1 is 1.26 bits per heavy atom. The lowest BCUT2D eigenvalue weighted by atomic mass is 10.1. The molecule has 0 unspecified atom stereocenters. The number of carbonyl (C=O) groups excluding carboxylic acids is 1. The van der Waals surface area contributed by atoms with Gasteiger partial charge >= 0.3 is 0 Å². The van der Waals surface area contributed by atoms with Gasteiger partial charge in [0.15, 0.2) is 0 Å². The van der Waals surface area contributed by atoms with Crippen molar-refractivity contribution in [2.24, 2.45) is 0 Å². The average molecular weight is 313 g/mol. The third-order valence-electron chi connectivity index (χ3n) is 3.57. The van der Waals surface area contributed by atoms with Gasteiger partial charge in [-0.05, 0) is 36.2 Å². The molecule has 1 N–H and O–H groups in total. The van der Waals surface area contributed by atoms with Gasteiger partial charge in [0.05, 0.1) is 12.2 Å². The topological polar surface area (TPSA) is 60.1 Å². The molecule has 0 spiro atoms. The van der Waals surface area contributed by atoms with Crippen molar-refractivity contribution in [1.29, 1.82) is 0 Å². The molecule has 0 aliphatic carbocycles. The van der Waals surface area contributed by atoms with Gasteiger partial charge in [-0.3, -0.25) is 4.79 Å². The maximum absolute atomic E-state index is 13.4. The maximum atomic E-state index is 13.4. The summed E-state index contributed by atoms with van der Waals surface area (Å²) in [5.74, 6) is -0.416. The summed E-state index contributed by atoms with van der Waals surface area (Å²) in [6.07, 6.45) is 5.86.